The normalized spacial score (nSPS) is 16.1. The van der Waals surface area contributed by atoms with E-state index in [0.29, 0.717) is 25.3 Å². The lowest BCUT2D eigenvalue weighted by Gasteiger charge is -2.31. The number of amides is 1. The van der Waals surface area contributed by atoms with Crippen molar-refractivity contribution < 1.29 is 18.7 Å². The van der Waals surface area contributed by atoms with Crippen LogP contribution in [-0.4, -0.2) is 50.8 Å². The molecule has 2 aromatic carbocycles. The van der Waals surface area contributed by atoms with Gasteiger partial charge in [0.1, 0.15) is 0 Å². The number of nitrogens with zero attached hydrogens (tertiary/aromatic N) is 1. The van der Waals surface area contributed by atoms with Crippen LogP contribution in [0.5, 0.6) is 5.75 Å². The highest BCUT2D eigenvalue weighted by atomic mass is 19.1. The first kappa shape index (κ1) is 20.0. The largest absolute Gasteiger partial charge is 0.494 e. The maximum atomic E-state index is 13.8. The molecule has 0 aliphatic carbocycles. The molecular weight excluding hydrogens is 359 g/mol. The molecule has 1 fully saturated rings. The fourth-order valence-electron chi connectivity index (χ4n) is 3.14. The summed E-state index contributed by atoms with van der Waals surface area (Å²) in [6.07, 6.45) is 3.02. The summed E-state index contributed by atoms with van der Waals surface area (Å²) in [5.41, 5.74) is 1.64. The molecular formula is C22H25FN2O3. The van der Waals surface area contributed by atoms with E-state index in [1.165, 1.54) is 25.3 Å². The van der Waals surface area contributed by atoms with Crippen molar-refractivity contribution in [2.24, 2.45) is 0 Å². The maximum absolute atomic E-state index is 13.8. The quantitative estimate of drug-likeness (QED) is 0.746. The summed E-state index contributed by atoms with van der Waals surface area (Å²) >= 11 is 0. The number of hydrogen-bond donors (Lipinski definition) is 1. The number of morpholine rings is 1. The van der Waals surface area contributed by atoms with Crippen molar-refractivity contribution in [1.82, 2.24) is 10.2 Å². The van der Waals surface area contributed by atoms with E-state index in [-0.39, 0.29) is 17.7 Å². The highest BCUT2D eigenvalue weighted by Crippen LogP contribution is 2.19. The van der Waals surface area contributed by atoms with E-state index in [4.69, 9.17) is 9.47 Å². The predicted molar refractivity (Wildman–Crippen MR) is 107 cm³/mol. The Balaban J connectivity index is 1.67. The molecule has 1 saturated heterocycles. The highest BCUT2D eigenvalue weighted by molar-refractivity contribution is 5.92. The number of ether oxygens (including phenoxy) is 2. The summed E-state index contributed by atoms with van der Waals surface area (Å²) in [4.78, 5) is 14.8. The minimum atomic E-state index is -0.459. The van der Waals surface area contributed by atoms with Crippen LogP contribution >= 0.6 is 0 Å². The Labute approximate surface area is 164 Å². The number of methoxy groups -OCH3 is 1. The second-order valence-corrected chi connectivity index (χ2v) is 6.61. The van der Waals surface area contributed by atoms with E-state index >= 15 is 0 Å². The zero-order valence-electron chi connectivity index (χ0n) is 15.9. The van der Waals surface area contributed by atoms with Crippen LogP contribution in [0.2, 0.25) is 0 Å². The van der Waals surface area contributed by atoms with Crippen molar-refractivity contribution in [1.29, 1.82) is 0 Å². The summed E-state index contributed by atoms with van der Waals surface area (Å²) in [5, 5.41) is 3.06. The Kier molecular flexibility index (Phi) is 7.17. The van der Waals surface area contributed by atoms with Crippen LogP contribution in [-0.2, 0) is 9.53 Å². The van der Waals surface area contributed by atoms with Crippen LogP contribution in [0.4, 0.5) is 4.39 Å². The molecule has 0 radical (unpaired) electrons. The van der Waals surface area contributed by atoms with Gasteiger partial charge in [0, 0.05) is 25.7 Å². The average Bonchev–Trinajstić information content (AvgIpc) is 2.73. The van der Waals surface area contributed by atoms with Gasteiger partial charge in [0.15, 0.2) is 11.6 Å². The third-order valence-electron chi connectivity index (χ3n) is 4.67. The van der Waals surface area contributed by atoms with Gasteiger partial charge in [0.05, 0.1) is 26.4 Å². The molecule has 0 bridgehead atoms. The number of rotatable bonds is 7. The molecule has 0 spiro atoms. The Morgan fingerprint density at radius 2 is 2.00 bits per heavy atom. The van der Waals surface area contributed by atoms with Gasteiger partial charge in [-0.3, -0.25) is 9.69 Å². The number of halogens is 1. The molecule has 148 valence electrons. The molecule has 1 heterocycles. The van der Waals surface area contributed by atoms with Crippen LogP contribution in [0.3, 0.4) is 0 Å². The van der Waals surface area contributed by atoms with Gasteiger partial charge < -0.3 is 14.8 Å². The van der Waals surface area contributed by atoms with Gasteiger partial charge in [-0.05, 0) is 29.3 Å². The van der Waals surface area contributed by atoms with E-state index in [0.717, 1.165) is 18.7 Å². The van der Waals surface area contributed by atoms with Gasteiger partial charge in [0.25, 0.3) is 0 Å². The second kappa shape index (κ2) is 10.0. The molecule has 5 nitrogen and oxygen atoms in total. The standard InChI is InChI=1S/C22H25FN2O3/c1-27-21-9-7-17(15-19(21)23)8-10-22(26)24-20(18-5-3-2-4-6-18)16-25-11-13-28-14-12-25/h2-10,15,20H,11-14,16H2,1H3,(H,24,26)/b10-8+/t20-/m0/s1. The Hall–Kier alpha value is -2.70. The summed E-state index contributed by atoms with van der Waals surface area (Å²) in [5.74, 6) is -0.505. The molecule has 1 N–H and O–H groups in total. The van der Waals surface area contributed by atoms with Crippen molar-refractivity contribution in [3.05, 3.63) is 71.6 Å². The SMILES string of the molecule is COc1ccc(/C=C/C(=O)N[C@@H](CN2CCOCC2)c2ccccc2)cc1F. The summed E-state index contributed by atoms with van der Waals surface area (Å²) < 4.78 is 24.1. The van der Waals surface area contributed by atoms with E-state index in [1.54, 1.807) is 12.1 Å². The molecule has 3 rings (SSSR count). The minimum absolute atomic E-state index is 0.135. The zero-order valence-corrected chi connectivity index (χ0v) is 15.9. The van der Waals surface area contributed by atoms with Crippen molar-refractivity contribution in [2.75, 3.05) is 40.0 Å². The van der Waals surface area contributed by atoms with Gasteiger partial charge in [-0.15, -0.1) is 0 Å². The first-order valence-electron chi connectivity index (χ1n) is 9.33. The molecule has 0 unspecified atom stereocenters. The fourth-order valence-corrected chi connectivity index (χ4v) is 3.14. The zero-order chi connectivity index (χ0) is 19.8. The highest BCUT2D eigenvalue weighted by Gasteiger charge is 2.19. The Bertz CT molecular complexity index is 805. The molecule has 28 heavy (non-hydrogen) atoms. The minimum Gasteiger partial charge on any atom is -0.494 e. The van der Waals surface area contributed by atoms with Gasteiger partial charge in [-0.2, -0.15) is 0 Å². The molecule has 6 heteroatoms. The van der Waals surface area contributed by atoms with Crippen molar-refractivity contribution >= 4 is 12.0 Å². The number of benzene rings is 2. The fraction of sp³-hybridized carbons (Fsp3) is 0.318. The third-order valence-corrected chi connectivity index (χ3v) is 4.67. The molecule has 0 aromatic heterocycles. The second-order valence-electron chi connectivity index (χ2n) is 6.61. The van der Waals surface area contributed by atoms with Crippen LogP contribution in [0.25, 0.3) is 6.08 Å². The van der Waals surface area contributed by atoms with Crippen molar-refractivity contribution in [3.63, 3.8) is 0 Å². The van der Waals surface area contributed by atoms with Crippen LogP contribution in [0, 0.1) is 5.82 Å². The maximum Gasteiger partial charge on any atom is 0.244 e. The number of carbonyl (C=O) groups is 1. The van der Waals surface area contributed by atoms with Gasteiger partial charge in [0.2, 0.25) is 5.91 Å². The molecule has 2 aromatic rings. The molecule has 1 amide bonds. The Morgan fingerprint density at radius 3 is 2.68 bits per heavy atom. The van der Waals surface area contributed by atoms with E-state index in [2.05, 4.69) is 10.2 Å². The molecule has 1 aliphatic heterocycles. The Morgan fingerprint density at radius 1 is 1.25 bits per heavy atom. The van der Waals surface area contributed by atoms with Gasteiger partial charge in [-0.25, -0.2) is 4.39 Å². The van der Waals surface area contributed by atoms with Gasteiger partial charge in [-0.1, -0.05) is 36.4 Å². The number of carbonyl (C=O) groups excluding carboxylic acids is 1. The monoisotopic (exact) mass is 384 g/mol. The summed E-state index contributed by atoms with van der Waals surface area (Å²) in [6.45, 7) is 3.82. The molecule has 0 saturated carbocycles. The average molecular weight is 384 g/mol. The lowest BCUT2D eigenvalue weighted by atomic mass is 10.1. The smallest absolute Gasteiger partial charge is 0.244 e. The van der Waals surface area contributed by atoms with Crippen molar-refractivity contribution in [2.45, 2.75) is 6.04 Å². The summed E-state index contributed by atoms with van der Waals surface area (Å²) in [7, 11) is 1.42. The lowest BCUT2D eigenvalue weighted by Crippen LogP contribution is -2.42. The van der Waals surface area contributed by atoms with E-state index < -0.39 is 5.82 Å². The van der Waals surface area contributed by atoms with E-state index in [1.807, 2.05) is 30.3 Å². The first-order valence-corrected chi connectivity index (χ1v) is 9.33. The van der Waals surface area contributed by atoms with Crippen LogP contribution in [0.15, 0.2) is 54.6 Å². The summed E-state index contributed by atoms with van der Waals surface area (Å²) in [6, 6.07) is 14.3. The predicted octanol–water partition coefficient (Wildman–Crippen LogP) is 3.04. The third kappa shape index (κ3) is 5.65. The molecule has 1 aliphatic rings. The van der Waals surface area contributed by atoms with Crippen molar-refractivity contribution in [3.8, 4) is 5.75 Å². The lowest BCUT2D eigenvalue weighted by molar-refractivity contribution is -0.117. The number of hydrogen-bond acceptors (Lipinski definition) is 4. The van der Waals surface area contributed by atoms with Gasteiger partial charge >= 0.3 is 0 Å². The first-order chi connectivity index (χ1) is 13.7. The van der Waals surface area contributed by atoms with E-state index in [9.17, 15) is 9.18 Å². The van der Waals surface area contributed by atoms with Crippen LogP contribution in [0.1, 0.15) is 17.2 Å². The molecule has 1 atom stereocenters. The topological polar surface area (TPSA) is 50.8 Å². The number of nitrogens with one attached hydrogen (secondary N) is 1. The van der Waals surface area contributed by atoms with Crippen LogP contribution < -0.4 is 10.1 Å².